The van der Waals surface area contributed by atoms with E-state index in [1.54, 1.807) is 17.7 Å². The van der Waals surface area contributed by atoms with E-state index in [4.69, 9.17) is 0 Å². The SMILES string of the molecule is CCc1cc2c(N(C)Cc3ccccc3)ncnc2s1. The molecule has 0 bridgehead atoms. The molecule has 3 nitrogen and oxygen atoms in total. The van der Waals surface area contributed by atoms with Crippen molar-refractivity contribution in [3.63, 3.8) is 0 Å². The zero-order valence-corrected chi connectivity index (χ0v) is 12.5. The van der Waals surface area contributed by atoms with Gasteiger partial charge in [-0.1, -0.05) is 37.3 Å². The van der Waals surface area contributed by atoms with Crippen molar-refractivity contribution >= 4 is 27.4 Å². The van der Waals surface area contributed by atoms with E-state index in [2.05, 4.69) is 59.2 Å². The predicted molar refractivity (Wildman–Crippen MR) is 85.3 cm³/mol. The van der Waals surface area contributed by atoms with Gasteiger partial charge < -0.3 is 4.90 Å². The first-order valence-electron chi connectivity index (χ1n) is 6.76. The Morgan fingerprint density at radius 2 is 1.95 bits per heavy atom. The first-order chi connectivity index (χ1) is 9.78. The van der Waals surface area contributed by atoms with E-state index in [1.807, 2.05) is 6.07 Å². The van der Waals surface area contributed by atoms with Gasteiger partial charge in [-0.05, 0) is 18.1 Å². The van der Waals surface area contributed by atoms with Crippen LogP contribution in [-0.2, 0) is 13.0 Å². The molecule has 20 heavy (non-hydrogen) atoms. The minimum Gasteiger partial charge on any atom is -0.355 e. The van der Waals surface area contributed by atoms with E-state index in [9.17, 15) is 0 Å². The summed E-state index contributed by atoms with van der Waals surface area (Å²) in [6.45, 7) is 3.02. The maximum absolute atomic E-state index is 4.47. The Hall–Kier alpha value is -1.94. The van der Waals surface area contributed by atoms with Gasteiger partial charge in [0.25, 0.3) is 0 Å². The number of rotatable bonds is 4. The highest BCUT2D eigenvalue weighted by atomic mass is 32.1. The summed E-state index contributed by atoms with van der Waals surface area (Å²) < 4.78 is 0. The monoisotopic (exact) mass is 283 g/mol. The maximum atomic E-state index is 4.47. The molecule has 0 fully saturated rings. The highest BCUT2D eigenvalue weighted by molar-refractivity contribution is 7.18. The first-order valence-corrected chi connectivity index (χ1v) is 7.58. The van der Waals surface area contributed by atoms with Gasteiger partial charge in [0.1, 0.15) is 17.0 Å². The molecule has 3 aromatic rings. The van der Waals surface area contributed by atoms with Crippen molar-refractivity contribution in [2.45, 2.75) is 19.9 Å². The fraction of sp³-hybridized carbons (Fsp3) is 0.250. The summed E-state index contributed by atoms with van der Waals surface area (Å²) in [5.41, 5.74) is 1.28. The molecule has 0 unspecified atom stereocenters. The quantitative estimate of drug-likeness (QED) is 0.727. The number of aryl methyl sites for hydroxylation is 1. The highest BCUT2D eigenvalue weighted by Gasteiger charge is 2.11. The summed E-state index contributed by atoms with van der Waals surface area (Å²) in [4.78, 5) is 13.5. The fourth-order valence-electron chi connectivity index (χ4n) is 2.30. The summed E-state index contributed by atoms with van der Waals surface area (Å²) in [6, 6.07) is 12.7. The van der Waals surface area contributed by atoms with Crippen LogP contribution in [0, 0.1) is 0 Å². The minimum absolute atomic E-state index is 0.851. The van der Waals surface area contributed by atoms with Crippen LogP contribution in [-0.4, -0.2) is 17.0 Å². The molecule has 0 aliphatic rings. The molecule has 0 amide bonds. The zero-order chi connectivity index (χ0) is 13.9. The highest BCUT2D eigenvalue weighted by Crippen LogP contribution is 2.30. The molecule has 4 heteroatoms. The van der Waals surface area contributed by atoms with Crippen LogP contribution in [0.1, 0.15) is 17.4 Å². The van der Waals surface area contributed by atoms with E-state index in [0.717, 1.165) is 29.0 Å². The van der Waals surface area contributed by atoms with Crippen LogP contribution in [0.25, 0.3) is 10.2 Å². The Morgan fingerprint density at radius 3 is 2.70 bits per heavy atom. The van der Waals surface area contributed by atoms with Crippen molar-refractivity contribution in [3.8, 4) is 0 Å². The molecule has 0 aliphatic heterocycles. The largest absolute Gasteiger partial charge is 0.355 e. The summed E-state index contributed by atoms with van der Waals surface area (Å²) >= 11 is 1.76. The number of benzene rings is 1. The second-order valence-corrected chi connectivity index (χ2v) is 5.94. The number of aromatic nitrogens is 2. The van der Waals surface area contributed by atoms with Gasteiger partial charge >= 0.3 is 0 Å². The van der Waals surface area contributed by atoms with Crippen LogP contribution >= 0.6 is 11.3 Å². The normalized spacial score (nSPS) is 10.9. The summed E-state index contributed by atoms with van der Waals surface area (Å²) in [5, 5.41) is 1.16. The lowest BCUT2D eigenvalue weighted by Gasteiger charge is -2.18. The first kappa shape index (κ1) is 13.1. The number of hydrogen-bond donors (Lipinski definition) is 0. The Bertz CT molecular complexity index is 706. The van der Waals surface area contributed by atoms with Crippen LogP contribution in [0.5, 0.6) is 0 Å². The molecule has 0 aliphatic carbocycles. The molecule has 3 rings (SSSR count). The van der Waals surface area contributed by atoms with Gasteiger partial charge in [0.2, 0.25) is 0 Å². The summed E-state index contributed by atoms with van der Waals surface area (Å²) in [5.74, 6) is 1.01. The van der Waals surface area contributed by atoms with Crippen molar-refractivity contribution in [2.24, 2.45) is 0 Å². The Morgan fingerprint density at radius 1 is 1.15 bits per heavy atom. The van der Waals surface area contributed by atoms with Gasteiger partial charge in [0, 0.05) is 18.5 Å². The van der Waals surface area contributed by atoms with Gasteiger partial charge in [-0.3, -0.25) is 0 Å². The maximum Gasteiger partial charge on any atom is 0.140 e. The van der Waals surface area contributed by atoms with E-state index in [-0.39, 0.29) is 0 Å². The molecular weight excluding hydrogens is 266 g/mol. The van der Waals surface area contributed by atoms with Gasteiger partial charge in [-0.2, -0.15) is 0 Å². The minimum atomic E-state index is 0.851. The van der Waals surface area contributed by atoms with Crippen LogP contribution in [0.3, 0.4) is 0 Å². The molecule has 2 heterocycles. The Labute approximate surface area is 122 Å². The molecule has 0 N–H and O–H groups in total. The van der Waals surface area contributed by atoms with E-state index in [0.29, 0.717) is 0 Å². The number of anilines is 1. The molecule has 102 valence electrons. The number of fused-ring (bicyclic) bond motifs is 1. The van der Waals surface area contributed by atoms with Crippen LogP contribution in [0.4, 0.5) is 5.82 Å². The number of nitrogens with zero attached hydrogens (tertiary/aromatic N) is 3. The molecule has 0 spiro atoms. The van der Waals surface area contributed by atoms with Gasteiger partial charge in [0.05, 0.1) is 5.39 Å². The van der Waals surface area contributed by atoms with Gasteiger partial charge in [-0.15, -0.1) is 11.3 Å². The molecule has 0 radical (unpaired) electrons. The molecule has 0 atom stereocenters. The molecule has 0 saturated heterocycles. The van der Waals surface area contributed by atoms with Crippen LogP contribution < -0.4 is 4.90 Å². The van der Waals surface area contributed by atoms with Gasteiger partial charge in [0.15, 0.2) is 0 Å². The predicted octanol–water partition coefficient (Wildman–Crippen LogP) is 3.89. The van der Waals surface area contributed by atoms with Crippen molar-refractivity contribution in [1.82, 2.24) is 9.97 Å². The second kappa shape index (κ2) is 5.59. The van der Waals surface area contributed by atoms with Crippen molar-refractivity contribution in [2.75, 3.05) is 11.9 Å². The lowest BCUT2D eigenvalue weighted by atomic mass is 10.2. The fourth-order valence-corrected chi connectivity index (χ4v) is 3.23. The third kappa shape index (κ3) is 2.51. The topological polar surface area (TPSA) is 29.0 Å². The average molecular weight is 283 g/mol. The third-order valence-corrected chi connectivity index (χ3v) is 4.52. The molecule has 1 aromatic carbocycles. The standard InChI is InChI=1S/C16H17N3S/c1-3-13-9-14-15(17-11-18-16(14)20-13)19(2)10-12-7-5-4-6-8-12/h4-9,11H,3,10H2,1-2H3. The van der Waals surface area contributed by atoms with Crippen LogP contribution in [0.15, 0.2) is 42.7 Å². The van der Waals surface area contributed by atoms with Crippen molar-refractivity contribution < 1.29 is 0 Å². The van der Waals surface area contributed by atoms with Crippen molar-refractivity contribution in [1.29, 1.82) is 0 Å². The third-order valence-electron chi connectivity index (χ3n) is 3.33. The smallest absolute Gasteiger partial charge is 0.140 e. The number of hydrogen-bond acceptors (Lipinski definition) is 4. The molecular formula is C16H17N3S. The lowest BCUT2D eigenvalue weighted by Crippen LogP contribution is -2.17. The van der Waals surface area contributed by atoms with E-state index < -0.39 is 0 Å². The Kier molecular flexibility index (Phi) is 3.65. The van der Waals surface area contributed by atoms with E-state index >= 15 is 0 Å². The second-order valence-electron chi connectivity index (χ2n) is 4.82. The lowest BCUT2D eigenvalue weighted by molar-refractivity contribution is 0.901. The van der Waals surface area contributed by atoms with E-state index in [1.165, 1.54) is 10.4 Å². The molecule has 2 aromatic heterocycles. The summed E-state index contributed by atoms with van der Waals surface area (Å²) in [7, 11) is 2.08. The molecule has 0 saturated carbocycles. The van der Waals surface area contributed by atoms with Crippen LogP contribution in [0.2, 0.25) is 0 Å². The van der Waals surface area contributed by atoms with Gasteiger partial charge in [-0.25, -0.2) is 9.97 Å². The average Bonchev–Trinajstić information content (AvgIpc) is 2.91. The number of thiophene rings is 1. The van der Waals surface area contributed by atoms with Crippen molar-refractivity contribution in [3.05, 3.63) is 53.2 Å². The Balaban J connectivity index is 1.94. The summed E-state index contributed by atoms with van der Waals surface area (Å²) in [6.07, 6.45) is 2.71. The zero-order valence-electron chi connectivity index (χ0n) is 11.7.